The van der Waals surface area contributed by atoms with E-state index < -0.39 is 0 Å². The molecule has 1 saturated heterocycles. The fourth-order valence-corrected chi connectivity index (χ4v) is 2.96. The molecule has 4 unspecified atom stereocenters. The topological polar surface area (TPSA) is 24.5 Å². The molecule has 1 aliphatic carbocycles. The minimum atomic E-state index is 0.195. The summed E-state index contributed by atoms with van der Waals surface area (Å²) in [5.74, 6) is 1.90. The van der Waals surface area contributed by atoms with E-state index in [9.17, 15) is 0 Å². The molecule has 0 spiro atoms. The molecule has 1 aliphatic heterocycles. The van der Waals surface area contributed by atoms with Gasteiger partial charge >= 0.3 is 0 Å². The van der Waals surface area contributed by atoms with Crippen molar-refractivity contribution in [2.75, 3.05) is 26.7 Å². The highest BCUT2D eigenvalue weighted by Gasteiger charge is 2.34. The lowest BCUT2D eigenvalue weighted by atomic mass is 10.1. The van der Waals surface area contributed by atoms with Crippen LogP contribution < -0.4 is 5.32 Å². The molecule has 1 N–H and O–H groups in total. The average molecular weight is 268 g/mol. The normalized spacial score (nSPS) is 35.1. The predicted octanol–water partition coefficient (Wildman–Crippen LogP) is 2.51. The van der Waals surface area contributed by atoms with Crippen molar-refractivity contribution < 1.29 is 4.74 Å². The maximum absolute atomic E-state index is 6.15. The van der Waals surface area contributed by atoms with Crippen LogP contribution in [-0.4, -0.2) is 49.3 Å². The molecule has 1 heterocycles. The van der Waals surface area contributed by atoms with Gasteiger partial charge in [0.2, 0.25) is 0 Å². The van der Waals surface area contributed by atoms with Gasteiger partial charge in [-0.1, -0.05) is 6.92 Å². The molecule has 3 nitrogen and oxygen atoms in total. The molecule has 0 aromatic carbocycles. The van der Waals surface area contributed by atoms with Gasteiger partial charge in [-0.3, -0.25) is 0 Å². The molecule has 2 aliphatic rings. The molecular formula is C16H32N2O. The summed E-state index contributed by atoms with van der Waals surface area (Å²) < 4.78 is 6.15. The number of hydrogen-bond donors (Lipinski definition) is 1. The minimum Gasteiger partial charge on any atom is -0.372 e. The first-order valence-electron chi connectivity index (χ1n) is 7.92. The summed E-state index contributed by atoms with van der Waals surface area (Å²) in [5.41, 5.74) is 0.195. The first-order valence-corrected chi connectivity index (χ1v) is 7.92. The van der Waals surface area contributed by atoms with Crippen molar-refractivity contribution >= 4 is 0 Å². The van der Waals surface area contributed by atoms with Crippen LogP contribution in [0, 0.1) is 11.8 Å². The molecule has 0 amide bonds. The molecule has 3 heteroatoms. The lowest BCUT2D eigenvalue weighted by Crippen LogP contribution is -2.41. The fourth-order valence-electron chi connectivity index (χ4n) is 2.96. The summed E-state index contributed by atoms with van der Waals surface area (Å²) in [6.07, 6.45) is 4.72. The summed E-state index contributed by atoms with van der Waals surface area (Å²) in [5, 5.41) is 3.55. The second-order valence-electron chi connectivity index (χ2n) is 7.78. The number of nitrogens with zero attached hydrogens (tertiary/aromatic N) is 1. The Balaban J connectivity index is 1.61. The zero-order chi connectivity index (χ0) is 14.0. The van der Waals surface area contributed by atoms with Gasteiger partial charge in [-0.2, -0.15) is 0 Å². The number of ether oxygens (including phenoxy) is 1. The Hall–Kier alpha value is -0.120. The van der Waals surface area contributed by atoms with Crippen molar-refractivity contribution in [2.45, 2.75) is 64.7 Å². The van der Waals surface area contributed by atoms with Crippen LogP contribution in [0.1, 0.15) is 47.0 Å². The highest BCUT2D eigenvalue weighted by molar-refractivity contribution is 4.86. The molecule has 2 fully saturated rings. The van der Waals surface area contributed by atoms with Gasteiger partial charge in [-0.25, -0.2) is 0 Å². The molecule has 0 radical (unpaired) electrons. The molecule has 0 bridgehead atoms. The van der Waals surface area contributed by atoms with E-state index in [1.54, 1.807) is 0 Å². The largest absolute Gasteiger partial charge is 0.372 e. The summed E-state index contributed by atoms with van der Waals surface area (Å²) in [7, 11) is 2.25. The third-order valence-electron chi connectivity index (χ3n) is 4.39. The first kappa shape index (κ1) is 15.3. The summed E-state index contributed by atoms with van der Waals surface area (Å²) in [6, 6.07) is 0. The third-order valence-corrected chi connectivity index (χ3v) is 4.39. The molecule has 4 atom stereocenters. The number of likely N-dealkylation sites (N-methyl/N-ethyl adjacent to an activating group) is 1. The Bertz CT molecular complexity index is 287. The van der Waals surface area contributed by atoms with Crippen molar-refractivity contribution in [1.82, 2.24) is 10.2 Å². The summed E-state index contributed by atoms with van der Waals surface area (Å²) in [4.78, 5) is 2.47. The molecule has 1 saturated carbocycles. The summed E-state index contributed by atoms with van der Waals surface area (Å²) >= 11 is 0. The van der Waals surface area contributed by atoms with Crippen LogP contribution in [0.4, 0.5) is 0 Å². The fraction of sp³-hybridized carbons (Fsp3) is 1.00. The van der Waals surface area contributed by atoms with Crippen molar-refractivity contribution in [3.05, 3.63) is 0 Å². The Kier molecular flexibility index (Phi) is 4.91. The van der Waals surface area contributed by atoms with E-state index in [-0.39, 0.29) is 5.54 Å². The second-order valence-corrected chi connectivity index (χ2v) is 7.78. The molecule has 0 aromatic heterocycles. The van der Waals surface area contributed by atoms with Gasteiger partial charge in [-0.15, -0.1) is 0 Å². The van der Waals surface area contributed by atoms with Crippen molar-refractivity contribution in [3.63, 3.8) is 0 Å². The van der Waals surface area contributed by atoms with E-state index in [0.717, 1.165) is 24.9 Å². The molecule has 2 rings (SSSR count). The Morgan fingerprint density at radius 1 is 1.16 bits per heavy atom. The molecule has 112 valence electrons. The van der Waals surface area contributed by atoms with Gasteiger partial charge in [-0.05, 0) is 58.9 Å². The number of rotatable bonds is 6. The first-order chi connectivity index (χ1) is 8.83. The van der Waals surface area contributed by atoms with Crippen LogP contribution >= 0.6 is 0 Å². The second kappa shape index (κ2) is 6.11. The Morgan fingerprint density at radius 3 is 2.37 bits per heavy atom. The average Bonchev–Trinajstić information content (AvgIpc) is 2.79. The zero-order valence-corrected chi connectivity index (χ0v) is 13.4. The van der Waals surface area contributed by atoms with E-state index in [0.29, 0.717) is 12.2 Å². The van der Waals surface area contributed by atoms with Gasteiger partial charge < -0.3 is 15.0 Å². The molecule has 19 heavy (non-hydrogen) atoms. The van der Waals surface area contributed by atoms with Crippen LogP contribution in [-0.2, 0) is 4.74 Å². The van der Waals surface area contributed by atoms with E-state index in [2.05, 4.69) is 45.0 Å². The van der Waals surface area contributed by atoms with Gasteiger partial charge in [0.15, 0.2) is 0 Å². The van der Waals surface area contributed by atoms with Gasteiger partial charge in [0.1, 0.15) is 0 Å². The van der Waals surface area contributed by atoms with Crippen molar-refractivity contribution in [2.24, 2.45) is 11.8 Å². The summed E-state index contributed by atoms with van der Waals surface area (Å²) in [6.45, 7) is 12.3. The Labute approximate surface area is 119 Å². The van der Waals surface area contributed by atoms with Crippen LogP contribution in [0.25, 0.3) is 0 Å². The van der Waals surface area contributed by atoms with Crippen LogP contribution in [0.3, 0.4) is 0 Å². The van der Waals surface area contributed by atoms with Crippen LogP contribution in [0.15, 0.2) is 0 Å². The highest BCUT2D eigenvalue weighted by Crippen LogP contribution is 2.38. The lowest BCUT2D eigenvalue weighted by molar-refractivity contribution is 0.0244. The Morgan fingerprint density at radius 2 is 1.79 bits per heavy atom. The zero-order valence-electron chi connectivity index (χ0n) is 13.4. The van der Waals surface area contributed by atoms with E-state index in [1.807, 2.05) is 0 Å². The maximum atomic E-state index is 6.15. The molecular weight excluding hydrogens is 236 g/mol. The van der Waals surface area contributed by atoms with Crippen molar-refractivity contribution in [1.29, 1.82) is 0 Å². The third kappa shape index (κ3) is 5.41. The highest BCUT2D eigenvalue weighted by atomic mass is 16.5. The van der Waals surface area contributed by atoms with Crippen molar-refractivity contribution in [3.8, 4) is 0 Å². The van der Waals surface area contributed by atoms with Crippen LogP contribution in [0.5, 0.6) is 0 Å². The molecule has 0 aromatic rings. The van der Waals surface area contributed by atoms with Gasteiger partial charge in [0.05, 0.1) is 12.2 Å². The predicted molar refractivity (Wildman–Crippen MR) is 80.4 cm³/mol. The smallest absolute Gasteiger partial charge is 0.0707 e. The lowest BCUT2D eigenvalue weighted by Gasteiger charge is -2.24. The SMILES string of the molecule is CC1CC1CN(C)CC1CCC(CNC(C)(C)C)O1. The maximum Gasteiger partial charge on any atom is 0.0707 e. The van der Waals surface area contributed by atoms with E-state index in [1.165, 1.54) is 25.8 Å². The quantitative estimate of drug-likeness (QED) is 0.801. The number of hydrogen-bond acceptors (Lipinski definition) is 3. The van der Waals surface area contributed by atoms with E-state index in [4.69, 9.17) is 4.74 Å². The van der Waals surface area contributed by atoms with Gasteiger partial charge in [0, 0.05) is 25.2 Å². The van der Waals surface area contributed by atoms with Gasteiger partial charge in [0.25, 0.3) is 0 Å². The number of nitrogens with one attached hydrogen (secondary N) is 1. The van der Waals surface area contributed by atoms with Crippen LogP contribution in [0.2, 0.25) is 0 Å². The van der Waals surface area contributed by atoms with E-state index >= 15 is 0 Å². The monoisotopic (exact) mass is 268 g/mol. The minimum absolute atomic E-state index is 0.195. The standard InChI is InChI=1S/C16H32N2O/c1-12-8-13(12)10-18(5)11-15-7-6-14(19-15)9-17-16(2,3)4/h12-15,17H,6-11H2,1-5H3.